The molecule has 2 nitrogen and oxygen atoms in total. The topological polar surface area (TPSA) is 12.5 Å². The Bertz CT molecular complexity index is 599. The second-order valence-corrected chi connectivity index (χ2v) is 5.78. The molecule has 1 aromatic rings. The molecule has 1 heterocycles. The van der Waals surface area contributed by atoms with Gasteiger partial charge in [0.05, 0.1) is 9.47 Å². The molecule has 1 atom stereocenters. The van der Waals surface area contributed by atoms with Crippen molar-refractivity contribution in [2.75, 3.05) is 11.4 Å². The summed E-state index contributed by atoms with van der Waals surface area (Å²) in [4.78, 5) is 2.47. The molecular formula is C20H28NOP. The summed E-state index contributed by atoms with van der Waals surface area (Å²) in [5.74, 6) is 0.880. The van der Waals surface area contributed by atoms with E-state index < -0.39 is 0 Å². The molecule has 1 aliphatic carbocycles. The molecule has 0 radical (unpaired) electrons. The molecule has 0 saturated heterocycles. The van der Waals surface area contributed by atoms with E-state index in [4.69, 9.17) is 4.52 Å². The van der Waals surface area contributed by atoms with Gasteiger partial charge in [0.1, 0.15) is 5.75 Å². The van der Waals surface area contributed by atoms with Crippen molar-refractivity contribution in [2.24, 2.45) is 0 Å². The fourth-order valence-electron chi connectivity index (χ4n) is 3.21. The zero-order valence-corrected chi connectivity index (χ0v) is 15.7. The normalized spacial score (nSPS) is 19.0. The molecule has 2 aliphatic rings. The van der Waals surface area contributed by atoms with E-state index in [9.17, 15) is 0 Å². The van der Waals surface area contributed by atoms with Crippen LogP contribution < -0.4 is 9.42 Å². The van der Waals surface area contributed by atoms with Crippen LogP contribution in [0.4, 0.5) is 5.69 Å². The Morgan fingerprint density at radius 3 is 2.43 bits per heavy atom. The highest BCUT2D eigenvalue weighted by molar-refractivity contribution is 7.10. The van der Waals surface area contributed by atoms with Crippen LogP contribution in [0.5, 0.6) is 5.75 Å². The predicted molar refractivity (Wildman–Crippen MR) is 104 cm³/mol. The maximum atomic E-state index is 5.18. The van der Waals surface area contributed by atoms with Crippen molar-refractivity contribution in [1.82, 2.24) is 0 Å². The van der Waals surface area contributed by atoms with Gasteiger partial charge in [-0.15, -0.1) is 0 Å². The van der Waals surface area contributed by atoms with E-state index in [0.29, 0.717) is 0 Å². The number of anilines is 1. The molecule has 0 aromatic heterocycles. The minimum absolute atomic E-state index is 0.880. The predicted octanol–water partition coefficient (Wildman–Crippen LogP) is 6.03. The molecular weight excluding hydrogens is 301 g/mol. The van der Waals surface area contributed by atoms with Crippen molar-refractivity contribution in [3.63, 3.8) is 0 Å². The second-order valence-electron chi connectivity index (χ2n) is 5.55. The molecule has 1 aromatic carbocycles. The first kappa shape index (κ1) is 17.8. The third-order valence-electron chi connectivity index (χ3n) is 4.25. The molecule has 124 valence electrons. The smallest absolute Gasteiger partial charge is 0.122 e. The molecule has 3 heteroatoms. The van der Waals surface area contributed by atoms with E-state index in [1.807, 2.05) is 26.0 Å². The highest BCUT2D eigenvalue weighted by Crippen LogP contribution is 2.40. The van der Waals surface area contributed by atoms with Crippen molar-refractivity contribution in [1.29, 1.82) is 0 Å². The van der Waals surface area contributed by atoms with Crippen LogP contribution in [0.1, 0.15) is 46.5 Å². The maximum absolute atomic E-state index is 5.18. The minimum Gasteiger partial charge on any atom is -0.480 e. The van der Waals surface area contributed by atoms with Gasteiger partial charge in [-0.3, -0.25) is 0 Å². The Morgan fingerprint density at radius 2 is 1.78 bits per heavy atom. The summed E-state index contributed by atoms with van der Waals surface area (Å²) >= 11 is 0. The molecule has 3 rings (SSSR count). The van der Waals surface area contributed by atoms with Crippen LogP contribution in [0.15, 0.2) is 59.3 Å². The third kappa shape index (κ3) is 4.06. The van der Waals surface area contributed by atoms with Gasteiger partial charge in [-0.1, -0.05) is 32.1 Å². The van der Waals surface area contributed by atoms with E-state index in [-0.39, 0.29) is 0 Å². The number of hydrogen-bond acceptors (Lipinski definition) is 2. The SMILES string of the molecule is C/C=C\C=C1/CN(c2ccc(OP)cc2)C2=C1CCCC2.CC. The number of nitrogens with zero attached hydrogens (tertiary/aromatic N) is 1. The van der Waals surface area contributed by atoms with Crippen LogP contribution in [0, 0.1) is 0 Å². The first-order chi connectivity index (χ1) is 11.3. The van der Waals surface area contributed by atoms with E-state index in [1.165, 1.54) is 42.6 Å². The van der Waals surface area contributed by atoms with Crippen LogP contribution in [-0.4, -0.2) is 6.54 Å². The van der Waals surface area contributed by atoms with Crippen LogP contribution in [0.3, 0.4) is 0 Å². The lowest BCUT2D eigenvalue weighted by Gasteiger charge is -2.24. The largest absolute Gasteiger partial charge is 0.480 e. The first-order valence-electron chi connectivity index (χ1n) is 8.62. The number of benzene rings is 1. The van der Waals surface area contributed by atoms with Crippen molar-refractivity contribution in [3.8, 4) is 5.75 Å². The second kappa shape index (κ2) is 8.93. The van der Waals surface area contributed by atoms with E-state index in [2.05, 4.69) is 51.7 Å². The average Bonchev–Trinajstić information content (AvgIpc) is 3.00. The Balaban J connectivity index is 0.000000924. The van der Waals surface area contributed by atoms with Crippen molar-refractivity contribution >= 4 is 15.2 Å². The van der Waals surface area contributed by atoms with Gasteiger partial charge in [0.2, 0.25) is 0 Å². The van der Waals surface area contributed by atoms with Crippen LogP contribution in [0.25, 0.3) is 0 Å². The van der Waals surface area contributed by atoms with Crippen molar-refractivity contribution in [3.05, 3.63) is 59.3 Å². The highest BCUT2D eigenvalue weighted by atomic mass is 31.0. The molecule has 0 spiro atoms. The van der Waals surface area contributed by atoms with Crippen LogP contribution in [-0.2, 0) is 0 Å². The summed E-state index contributed by atoms with van der Waals surface area (Å²) in [7, 11) is 2.29. The molecule has 0 amide bonds. The molecule has 23 heavy (non-hydrogen) atoms. The van der Waals surface area contributed by atoms with Crippen LogP contribution in [0.2, 0.25) is 0 Å². The summed E-state index contributed by atoms with van der Waals surface area (Å²) in [6, 6.07) is 8.35. The Hall–Kier alpha value is -1.53. The number of allylic oxidation sites excluding steroid dienone is 4. The third-order valence-corrected chi connectivity index (χ3v) is 4.53. The van der Waals surface area contributed by atoms with Gasteiger partial charge in [0.15, 0.2) is 0 Å². The zero-order chi connectivity index (χ0) is 16.7. The lowest BCUT2D eigenvalue weighted by molar-refractivity contribution is 0.646. The quantitative estimate of drug-likeness (QED) is 0.628. The standard InChI is InChI=1S/C18H22NOP.C2H6/c1-2-3-6-14-13-19(18-8-5-4-7-17(14)18)15-9-11-16(20-21)12-10-15;1-2/h2-3,6,9-12H,4-5,7-8,13,21H2,1H3;1-2H3/b3-2-,14-6+;. The Morgan fingerprint density at radius 1 is 1.09 bits per heavy atom. The summed E-state index contributed by atoms with van der Waals surface area (Å²) in [6.07, 6.45) is 11.6. The summed E-state index contributed by atoms with van der Waals surface area (Å²) < 4.78 is 5.18. The molecule has 1 aliphatic heterocycles. The number of rotatable bonds is 3. The van der Waals surface area contributed by atoms with E-state index in [1.54, 1.807) is 5.57 Å². The Labute approximate surface area is 143 Å². The molecule has 0 bridgehead atoms. The van der Waals surface area contributed by atoms with Gasteiger partial charge in [-0.2, -0.15) is 0 Å². The van der Waals surface area contributed by atoms with Gasteiger partial charge < -0.3 is 9.42 Å². The highest BCUT2D eigenvalue weighted by Gasteiger charge is 2.28. The molecule has 0 saturated carbocycles. The Kier molecular flexibility index (Phi) is 6.92. The lowest BCUT2D eigenvalue weighted by atomic mass is 9.93. The fourth-order valence-corrected chi connectivity index (χ4v) is 3.37. The van der Waals surface area contributed by atoms with Gasteiger partial charge >= 0.3 is 0 Å². The molecule has 1 unspecified atom stereocenters. The monoisotopic (exact) mass is 329 g/mol. The minimum atomic E-state index is 0.880. The van der Waals surface area contributed by atoms with Gasteiger partial charge in [0, 0.05) is 17.9 Å². The fraction of sp³-hybridized carbons (Fsp3) is 0.400. The van der Waals surface area contributed by atoms with Crippen LogP contribution >= 0.6 is 9.47 Å². The van der Waals surface area contributed by atoms with E-state index in [0.717, 1.165) is 12.3 Å². The molecule has 0 N–H and O–H groups in total. The summed E-state index contributed by atoms with van der Waals surface area (Å²) in [5.41, 5.74) is 5.84. The lowest BCUT2D eigenvalue weighted by Crippen LogP contribution is -2.19. The van der Waals surface area contributed by atoms with E-state index >= 15 is 0 Å². The number of hydrogen-bond donors (Lipinski definition) is 0. The first-order valence-corrected chi connectivity index (χ1v) is 9.09. The van der Waals surface area contributed by atoms with Gasteiger partial charge in [-0.25, -0.2) is 0 Å². The molecule has 0 fully saturated rings. The van der Waals surface area contributed by atoms with Gasteiger partial charge in [-0.05, 0) is 68.0 Å². The summed E-state index contributed by atoms with van der Waals surface area (Å²) in [5, 5.41) is 0. The maximum Gasteiger partial charge on any atom is 0.122 e. The summed E-state index contributed by atoms with van der Waals surface area (Å²) in [6.45, 7) is 7.07. The van der Waals surface area contributed by atoms with Gasteiger partial charge in [0.25, 0.3) is 0 Å². The zero-order valence-electron chi connectivity index (χ0n) is 14.5. The average molecular weight is 329 g/mol. The van der Waals surface area contributed by atoms with Crippen molar-refractivity contribution in [2.45, 2.75) is 46.5 Å². The van der Waals surface area contributed by atoms with Crippen molar-refractivity contribution < 1.29 is 4.52 Å².